The van der Waals surface area contributed by atoms with E-state index in [-0.39, 0.29) is 5.56 Å². The molecule has 0 amide bonds. The molecule has 0 saturated heterocycles. The smallest absolute Gasteiger partial charge is 0.273 e. The van der Waals surface area contributed by atoms with E-state index in [2.05, 4.69) is 10.2 Å². The summed E-state index contributed by atoms with van der Waals surface area (Å²) in [7, 11) is 0. The number of aromatic nitrogens is 3. The van der Waals surface area contributed by atoms with Gasteiger partial charge in [0.15, 0.2) is 0 Å². The molecule has 2 aromatic heterocycles. The second-order valence-corrected chi connectivity index (χ2v) is 5.31. The molecule has 0 radical (unpaired) electrons. The maximum atomic E-state index is 11.9. The van der Waals surface area contributed by atoms with Gasteiger partial charge in [-0.25, -0.2) is 0 Å². The molecule has 0 atom stereocenters. The number of nitrogens with zero attached hydrogens (tertiary/aromatic N) is 4. The zero-order valence-electron chi connectivity index (χ0n) is 12.8. The highest BCUT2D eigenvalue weighted by Gasteiger charge is 2.01. The first-order chi connectivity index (χ1) is 11.1. The maximum Gasteiger partial charge on any atom is 0.273 e. The molecule has 2 heterocycles. The zero-order valence-corrected chi connectivity index (χ0v) is 12.8. The van der Waals surface area contributed by atoms with Gasteiger partial charge in [-0.05, 0) is 24.1 Å². The van der Waals surface area contributed by atoms with Crippen molar-refractivity contribution >= 4 is 12.0 Å². The molecule has 0 bridgehead atoms. The highest BCUT2D eigenvalue weighted by atomic mass is 16.1. The Morgan fingerprint density at radius 2 is 2.04 bits per heavy atom. The summed E-state index contributed by atoms with van der Waals surface area (Å²) >= 11 is 0. The van der Waals surface area contributed by atoms with E-state index in [1.165, 1.54) is 10.7 Å². The minimum absolute atomic E-state index is 0.254. The van der Waals surface area contributed by atoms with Crippen LogP contribution in [0.25, 0.3) is 0 Å². The van der Waals surface area contributed by atoms with Gasteiger partial charge in [0, 0.05) is 17.8 Å². The largest absolute Gasteiger partial charge is 0.384 e. The third-order valence-corrected chi connectivity index (χ3v) is 3.34. The number of hydrogen-bond acceptors (Lipinski definition) is 4. The van der Waals surface area contributed by atoms with Gasteiger partial charge in [-0.1, -0.05) is 30.3 Å². The average Bonchev–Trinajstić information content (AvgIpc) is 2.94. The Kier molecular flexibility index (Phi) is 4.05. The lowest BCUT2D eigenvalue weighted by molar-refractivity contribution is 0.687. The number of pyridine rings is 1. The van der Waals surface area contributed by atoms with Crippen molar-refractivity contribution in [3.63, 3.8) is 0 Å². The summed E-state index contributed by atoms with van der Waals surface area (Å²) in [5, 5.41) is 8.43. The van der Waals surface area contributed by atoms with Gasteiger partial charge in [0.2, 0.25) is 0 Å². The highest BCUT2D eigenvalue weighted by Crippen LogP contribution is 2.04. The molecule has 6 nitrogen and oxygen atoms in total. The van der Waals surface area contributed by atoms with Gasteiger partial charge in [0.25, 0.3) is 5.56 Å². The molecule has 0 saturated carbocycles. The van der Waals surface area contributed by atoms with E-state index in [0.717, 1.165) is 16.7 Å². The number of benzene rings is 1. The molecule has 0 unspecified atom stereocenters. The second-order valence-electron chi connectivity index (χ2n) is 5.31. The molecule has 3 aromatic rings. The predicted molar refractivity (Wildman–Crippen MR) is 90.6 cm³/mol. The molecule has 3 rings (SSSR count). The van der Waals surface area contributed by atoms with Gasteiger partial charge in [-0.15, -0.1) is 0 Å². The number of nitrogens with two attached hydrogens (primary N) is 1. The molecule has 0 aliphatic carbocycles. The van der Waals surface area contributed by atoms with Crippen LogP contribution in [0, 0.1) is 6.92 Å². The van der Waals surface area contributed by atoms with Crippen LogP contribution in [0.2, 0.25) is 0 Å². The van der Waals surface area contributed by atoms with Crippen LogP contribution in [0.1, 0.15) is 16.7 Å². The SMILES string of the molecule is Cc1cc(N)n(/N=C\c2cnn(Cc3ccccc3)c2)c(=O)c1. The number of aryl methyl sites for hydroxylation is 1. The van der Waals surface area contributed by atoms with Crippen LogP contribution in [0.5, 0.6) is 0 Å². The van der Waals surface area contributed by atoms with Crippen molar-refractivity contribution in [2.24, 2.45) is 5.10 Å². The van der Waals surface area contributed by atoms with Crippen LogP contribution in [0.15, 0.2) is 64.8 Å². The van der Waals surface area contributed by atoms with E-state index in [9.17, 15) is 4.79 Å². The van der Waals surface area contributed by atoms with Crippen molar-refractivity contribution in [2.45, 2.75) is 13.5 Å². The van der Waals surface area contributed by atoms with Crippen molar-refractivity contribution < 1.29 is 0 Å². The lowest BCUT2D eigenvalue weighted by Gasteiger charge is -2.03. The molecule has 0 fully saturated rings. The number of hydrogen-bond donors (Lipinski definition) is 1. The average molecular weight is 307 g/mol. The first-order valence-electron chi connectivity index (χ1n) is 7.22. The standard InChI is InChI=1S/C17H17N5O/c1-13-7-16(18)22(17(23)8-13)20-10-15-9-19-21(12-15)11-14-5-3-2-4-6-14/h2-10,12H,11,18H2,1H3/b20-10-. The fraction of sp³-hybridized carbons (Fsp3) is 0.118. The summed E-state index contributed by atoms with van der Waals surface area (Å²) in [5.74, 6) is 0.308. The van der Waals surface area contributed by atoms with Crippen molar-refractivity contribution in [1.82, 2.24) is 14.5 Å². The number of rotatable bonds is 4. The summed E-state index contributed by atoms with van der Waals surface area (Å²) in [4.78, 5) is 11.9. The van der Waals surface area contributed by atoms with Gasteiger partial charge >= 0.3 is 0 Å². The monoisotopic (exact) mass is 307 g/mol. The molecule has 116 valence electrons. The van der Waals surface area contributed by atoms with Crippen LogP contribution < -0.4 is 11.3 Å². The fourth-order valence-corrected chi connectivity index (χ4v) is 2.27. The normalized spacial score (nSPS) is 11.2. The molecule has 0 spiro atoms. The Labute approximate surface area is 133 Å². The van der Waals surface area contributed by atoms with E-state index in [1.807, 2.05) is 48.1 Å². The van der Waals surface area contributed by atoms with E-state index in [0.29, 0.717) is 12.4 Å². The Balaban J connectivity index is 1.78. The maximum absolute atomic E-state index is 11.9. The van der Waals surface area contributed by atoms with Crippen LogP contribution in [-0.4, -0.2) is 20.7 Å². The van der Waals surface area contributed by atoms with Crippen molar-refractivity contribution in [3.8, 4) is 0 Å². The molecule has 0 aliphatic rings. The second kappa shape index (κ2) is 6.31. The minimum atomic E-state index is -0.254. The summed E-state index contributed by atoms with van der Waals surface area (Å²) in [5.41, 5.74) is 8.35. The topological polar surface area (TPSA) is 78.2 Å². The van der Waals surface area contributed by atoms with Crippen LogP contribution >= 0.6 is 0 Å². The van der Waals surface area contributed by atoms with Gasteiger partial charge in [0.1, 0.15) is 5.82 Å². The molecule has 2 N–H and O–H groups in total. The van der Waals surface area contributed by atoms with Crippen molar-refractivity contribution in [1.29, 1.82) is 0 Å². The van der Waals surface area contributed by atoms with Crippen molar-refractivity contribution in [3.05, 3.63) is 81.9 Å². The highest BCUT2D eigenvalue weighted by molar-refractivity contribution is 5.78. The molecular formula is C17H17N5O. The minimum Gasteiger partial charge on any atom is -0.384 e. The zero-order chi connectivity index (χ0) is 16.2. The lowest BCUT2D eigenvalue weighted by Crippen LogP contribution is -2.19. The summed E-state index contributed by atoms with van der Waals surface area (Å²) in [6, 6.07) is 13.3. The first-order valence-corrected chi connectivity index (χ1v) is 7.22. The third kappa shape index (κ3) is 3.55. The molecule has 1 aromatic carbocycles. The van der Waals surface area contributed by atoms with E-state index in [1.54, 1.807) is 18.5 Å². The fourth-order valence-electron chi connectivity index (χ4n) is 2.27. The number of anilines is 1. The van der Waals surface area contributed by atoms with Crippen LogP contribution in [-0.2, 0) is 6.54 Å². The Morgan fingerprint density at radius 3 is 2.78 bits per heavy atom. The van der Waals surface area contributed by atoms with Gasteiger partial charge in [-0.2, -0.15) is 14.9 Å². The lowest BCUT2D eigenvalue weighted by atomic mass is 10.2. The van der Waals surface area contributed by atoms with E-state index in [4.69, 9.17) is 5.73 Å². The molecular weight excluding hydrogens is 290 g/mol. The summed E-state index contributed by atoms with van der Waals surface area (Å²) in [6.07, 6.45) is 5.13. The Hall–Kier alpha value is -3.15. The Morgan fingerprint density at radius 1 is 1.26 bits per heavy atom. The first kappa shape index (κ1) is 14.8. The quantitative estimate of drug-likeness (QED) is 0.747. The van der Waals surface area contributed by atoms with Gasteiger partial charge in [0.05, 0.1) is 19.0 Å². The van der Waals surface area contributed by atoms with Crippen LogP contribution in [0.4, 0.5) is 5.82 Å². The predicted octanol–water partition coefficient (Wildman–Crippen LogP) is 1.87. The van der Waals surface area contributed by atoms with Gasteiger partial charge in [-0.3, -0.25) is 9.48 Å². The molecule has 23 heavy (non-hydrogen) atoms. The summed E-state index contributed by atoms with van der Waals surface area (Å²) < 4.78 is 2.99. The van der Waals surface area contributed by atoms with Gasteiger partial charge < -0.3 is 5.73 Å². The number of nitrogen functional groups attached to an aromatic ring is 1. The third-order valence-electron chi connectivity index (χ3n) is 3.34. The molecule has 0 aliphatic heterocycles. The molecule has 6 heteroatoms. The van der Waals surface area contributed by atoms with E-state index < -0.39 is 0 Å². The Bertz CT molecular complexity index is 893. The van der Waals surface area contributed by atoms with Crippen molar-refractivity contribution in [2.75, 3.05) is 5.73 Å². The summed E-state index contributed by atoms with van der Waals surface area (Å²) in [6.45, 7) is 2.50. The van der Waals surface area contributed by atoms with E-state index >= 15 is 0 Å². The van der Waals surface area contributed by atoms with Crippen LogP contribution in [0.3, 0.4) is 0 Å².